The van der Waals surface area contributed by atoms with Crippen molar-refractivity contribution < 1.29 is 49.4 Å². The summed E-state index contributed by atoms with van der Waals surface area (Å²) in [5.74, 6) is -3.88. The highest BCUT2D eigenvalue weighted by Gasteiger charge is 2.48. The number of nitrogens with one attached hydrogen (secondary N) is 1. The molecular formula is C26H31N3O10. The van der Waals surface area contributed by atoms with Gasteiger partial charge in [-0.05, 0) is 12.1 Å². The van der Waals surface area contributed by atoms with Crippen molar-refractivity contribution in [2.45, 2.75) is 38.3 Å². The molecule has 1 saturated heterocycles. The lowest BCUT2D eigenvalue weighted by Crippen LogP contribution is -2.58. The standard InChI is InChI=1S/C26H31N3O10/c1-27-25(36)26(37,6-3-9-30)29-13-16-15(24(29)35)4-2-5-19(16)39-14-18-22(33)20(31)17(21(32)23(18)34)12-28-7-10-38-11-8-28/h2,4-5,9,31-34,37H,3,6-8,10-14H2,1H3,(H,27,36). The zero-order chi connectivity index (χ0) is 28.3. The number of aromatic hydroxyl groups is 4. The molecule has 13 heteroatoms. The molecule has 1 fully saturated rings. The van der Waals surface area contributed by atoms with Crippen LogP contribution in [0.3, 0.4) is 0 Å². The van der Waals surface area contributed by atoms with Crippen molar-refractivity contribution in [1.82, 2.24) is 15.1 Å². The maximum Gasteiger partial charge on any atom is 0.273 e. The minimum Gasteiger partial charge on any atom is -0.504 e. The van der Waals surface area contributed by atoms with Crippen LogP contribution in [0.2, 0.25) is 0 Å². The summed E-state index contributed by atoms with van der Waals surface area (Å²) < 4.78 is 11.1. The number of fused-ring (bicyclic) bond motifs is 1. The van der Waals surface area contributed by atoms with E-state index in [4.69, 9.17) is 9.47 Å². The molecule has 4 rings (SSSR count). The fourth-order valence-corrected chi connectivity index (χ4v) is 4.79. The number of phenols is 4. The molecule has 13 nitrogen and oxygen atoms in total. The molecule has 0 bridgehead atoms. The van der Waals surface area contributed by atoms with Crippen molar-refractivity contribution in [3.63, 3.8) is 0 Å². The van der Waals surface area contributed by atoms with Gasteiger partial charge in [-0.25, -0.2) is 0 Å². The van der Waals surface area contributed by atoms with Crippen LogP contribution in [-0.4, -0.2) is 92.5 Å². The second-order valence-electron chi connectivity index (χ2n) is 9.30. The Bertz CT molecular complexity index is 1250. The molecule has 2 aliphatic rings. The largest absolute Gasteiger partial charge is 0.504 e. The average molecular weight is 546 g/mol. The summed E-state index contributed by atoms with van der Waals surface area (Å²) in [6.45, 7) is 1.40. The number of aldehydes is 1. The minimum atomic E-state index is -2.28. The molecule has 1 unspecified atom stereocenters. The molecule has 0 spiro atoms. The predicted molar refractivity (Wildman–Crippen MR) is 134 cm³/mol. The number of hydrogen-bond donors (Lipinski definition) is 6. The van der Waals surface area contributed by atoms with Crippen LogP contribution in [0.5, 0.6) is 28.7 Å². The van der Waals surface area contributed by atoms with Crippen LogP contribution >= 0.6 is 0 Å². The number of aliphatic hydroxyl groups is 1. The lowest BCUT2D eigenvalue weighted by molar-refractivity contribution is -0.159. The third kappa shape index (κ3) is 5.15. The highest BCUT2D eigenvalue weighted by molar-refractivity contribution is 6.02. The molecule has 39 heavy (non-hydrogen) atoms. The van der Waals surface area contributed by atoms with E-state index in [-0.39, 0.29) is 48.4 Å². The van der Waals surface area contributed by atoms with Gasteiger partial charge in [-0.15, -0.1) is 0 Å². The van der Waals surface area contributed by atoms with E-state index in [1.54, 1.807) is 0 Å². The van der Waals surface area contributed by atoms with Crippen LogP contribution in [0.1, 0.15) is 39.9 Å². The van der Waals surface area contributed by atoms with Gasteiger partial charge < -0.3 is 45.1 Å². The number of carbonyl (C=O) groups excluding carboxylic acids is 3. The summed E-state index contributed by atoms with van der Waals surface area (Å²) in [6.07, 6.45) is 0.0514. The summed E-state index contributed by atoms with van der Waals surface area (Å²) in [7, 11) is 1.30. The SMILES string of the molecule is CNC(=O)C(O)(CCC=O)N1Cc2c(OCc3c(O)c(O)c(CN4CCOCC4)c(O)c3O)cccc2C1=O. The zero-order valence-electron chi connectivity index (χ0n) is 21.3. The van der Waals surface area contributed by atoms with E-state index >= 15 is 0 Å². The summed E-state index contributed by atoms with van der Waals surface area (Å²) in [4.78, 5) is 39.4. The molecule has 2 aliphatic heterocycles. The van der Waals surface area contributed by atoms with Gasteiger partial charge in [-0.3, -0.25) is 19.4 Å². The first-order valence-corrected chi connectivity index (χ1v) is 12.4. The Morgan fingerprint density at radius 1 is 1.10 bits per heavy atom. The first-order chi connectivity index (χ1) is 18.6. The molecule has 2 heterocycles. The average Bonchev–Trinajstić information content (AvgIpc) is 3.30. The summed E-state index contributed by atoms with van der Waals surface area (Å²) in [5.41, 5.74) is -2.12. The Balaban J connectivity index is 1.58. The van der Waals surface area contributed by atoms with Crippen molar-refractivity contribution in [1.29, 1.82) is 0 Å². The van der Waals surface area contributed by atoms with E-state index in [2.05, 4.69) is 5.32 Å². The van der Waals surface area contributed by atoms with Crippen molar-refractivity contribution in [3.8, 4) is 28.7 Å². The van der Waals surface area contributed by atoms with E-state index in [0.29, 0.717) is 38.2 Å². The monoisotopic (exact) mass is 545 g/mol. The Kier molecular flexibility index (Phi) is 8.14. The predicted octanol–water partition coefficient (Wildman–Crippen LogP) is 0.290. The second kappa shape index (κ2) is 11.4. The Hall–Kier alpha value is -4.07. The number of morpholine rings is 1. The fourth-order valence-electron chi connectivity index (χ4n) is 4.79. The van der Waals surface area contributed by atoms with Gasteiger partial charge in [-0.2, -0.15) is 0 Å². The molecule has 2 aromatic carbocycles. The minimum absolute atomic E-state index is 0.0405. The number of nitrogens with zero attached hydrogens (tertiary/aromatic N) is 2. The zero-order valence-corrected chi connectivity index (χ0v) is 21.3. The first kappa shape index (κ1) is 28.0. The topological polar surface area (TPSA) is 189 Å². The second-order valence-corrected chi connectivity index (χ2v) is 9.30. The molecule has 2 amide bonds. The summed E-state index contributed by atoms with van der Waals surface area (Å²) >= 11 is 0. The van der Waals surface area contributed by atoms with E-state index in [0.717, 1.165) is 4.90 Å². The number of carbonyl (C=O) groups is 3. The first-order valence-electron chi connectivity index (χ1n) is 12.4. The smallest absolute Gasteiger partial charge is 0.273 e. The highest BCUT2D eigenvalue weighted by atomic mass is 16.5. The van der Waals surface area contributed by atoms with Crippen LogP contribution in [0.15, 0.2) is 18.2 Å². The number of rotatable bonds is 10. The quantitative estimate of drug-likeness (QED) is 0.137. The van der Waals surface area contributed by atoms with Crippen LogP contribution < -0.4 is 10.1 Å². The number of hydrogen-bond acceptors (Lipinski definition) is 11. The van der Waals surface area contributed by atoms with Gasteiger partial charge in [0.1, 0.15) is 18.6 Å². The van der Waals surface area contributed by atoms with Gasteiger partial charge in [0.25, 0.3) is 11.8 Å². The Morgan fingerprint density at radius 2 is 1.74 bits per heavy atom. The van der Waals surface area contributed by atoms with Crippen LogP contribution in [-0.2, 0) is 34.0 Å². The van der Waals surface area contributed by atoms with Crippen LogP contribution in [0.4, 0.5) is 0 Å². The van der Waals surface area contributed by atoms with Crippen molar-refractivity contribution in [2.75, 3.05) is 33.4 Å². The number of amides is 2. The molecule has 0 aromatic heterocycles. The van der Waals surface area contributed by atoms with E-state index in [1.165, 1.54) is 25.2 Å². The molecule has 1 atom stereocenters. The molecule has 0 radical (unpaired) electrons. The fraction of sp³-hybridized carbons (Fsp3) is 0.423. The van der Waals surface area contributed by atoms with Gasteiger partial charge in [0.15, 0.2) is 23.0 Å². The Morgan fingerprint density at radius 3 is 2.36 bits per heavy atom. The maximum atomic E-state index is 13.1. The molecule has 0 aliphatic carbocycles. The van der Waals surface area contributed by atoms with E-state index in [9.17, 15) is 39.9 Å². The van der Waals surface area contributed by atoms with Crippen molar-refractivity contribution >= 4 is 18.1 Å². The third-order valence-electron chi connectivity index (χ3n) is 7.02. The van der Waals surface area contributed by atoms with E-state index < -0.39 is 47.1 Å². The number of benzene rings is 2. The third-order valence-corrected chi connectivity index (χ3v) is 7.02. The van der Waals surface area contributed by atoms with Gasteiger partial charge in [0, 0.05) is 50.7 Å². The summed E-state index contributed by atoms with van der Waals surface area (Å²) in [6, 6.07) is 4.52. The van der Waals surface area contributed by atoms with Gasteiger partial charge in [0.2, 0.25) is 5.72 Å². The Labute approximate surface area is 223 Å². The van der Waals surface area contributed by atoms with Gasteiger partial charge in [-0.1, -0.05) is 6.07 Å². The number of phenolic OH excluding ortho intramolecular Hbond substituents is 4. The lowest BCUT2D eigenvalue weighted by Gasteiger charge is -2.34. The number of likely N-dealkylation sites (N-methyl/N-ethyl adjacent to an activating group) is 1. The summed E-state index contributed by atoms with van der Waals surface area (Å²) in [5, 5.41) is 55.9. The molecule has 2 aromatic rings. The number of ether oxygens (including phenoxy) is 2. The van der Waals surface area contributed by atoms with Crippen molar-refractivity contribution in [3.05, 3.63) is 40.5 Å². The van der Waals surface area contributed by atoms with Gasteiger partial charge >= 0.3 is 0 Å². The lowest BCUT2D eigenvalue weighted by atomic mass is 10.0. The van der Waals surface area contributed by atoms with E-state index in [1.807, 2.05) is 4.90 Å². The van der Waals surface area contributed by atoms with Crippen molar-refractivity contribution in [2.24, 2.45) is 0 Å². The maximum absolute atomic E-state index is 13.1. The molecule has 210 valence electrons. The normalized spacial score (nSPS) is 17.0. The van der Waals surface area contributed by atoms with Gasteiger partial charge in [0.05, 0.1) is 30.9 Å². The van der Waals surface area contributed by atoms with Crippen LogP contribution in [0.25, 0.3) is 0 Å². The molecular weight excluding hydrogens is 514 g/mol. The van der Waals surface area contributed by atoms with Crippen LogP contribution in [0, 0.1) is 0 Å². The molecule has 0 saturated carbocycles. The highest BCUT2D eigenvalue weighted by Crippen LogP contribution is 2.47. The molecule has 6 N–H and O–H groups in total.